The van der Waals surface area contributed by atoms with Gasteiger partial charge in [-0.25, -0.2) is 4.90 Å². The molecule has 0 aromatic heterocycles. The highest BCUT2D eigenvalue weighted by molar-refractivity contribution is 6.24. The van der Waals surface area contributed by atoms with Crippen LogP contribution in [0.3, 0.4) is 0 Å². The second-order valence-corrected chi connectivity index (χ2v) is 13.4. The maximum Gasteiger partial charge on any atom is 0.261 e. The molecule has 3 aromatic carbocycles. The van der Waals surface area contributed by atoms with E-state index in [0.29, 0.717) is 11.4 Å². The Hall–Kier alpha value is -4.52. The molecule has 0 saturated carbocycles. The monoisotopic (exact) mass is 601 g/mol. The van der Waals surface area contributed by atoms with Crippen LogP contribution in [0, 0.1) is 5.92 Å². The van der Waals surface area contributed by atoms with Crippen molar-refractivity contribution < 1.29 is 9.59 Å². The van der Waals surface area contributed by atoms with Gasteiger partial charge < -0.3 is 0 Å². The first kappa shape index (κ1) is 30.5. The second-order valence-electron chi connectivity index (χ2n) is 13.4. The number of carbonyl (C=O) groups is 2. The SMILES string of the molecule is CC(C)c1cccc(C(C)C)c1N1C=CN(c2c(C(C)C)cccc2C(C)C)C1=C1N=NC2C(=O)N(c3ccccc3)C(=O)C12. The van der Waals surface area contributed by atoms with Gasteiger partial charge in [-0.2, -0.15) is 10.2 Å². The number of para-hydroxylation sites is 3. The Balaban J connectivity index is 1.63. The topological polar surface area (TPSA) is 68.6 Å². The summed E-state index contributed by atoms with van der Waals surface area (Å²) in [5, 5.41) is 9.18. The van der Waals surface area contributed by atoms with Gasteiger partial charge in [0.15, 0.2) is 6.04 Å². The number of anilines is 3. The van der Waals surface area contributed by atoms with Gasteiger partial charge in [-0.05, 0) is 58.1 Å². The number of carbonyl (C=O) groups excluding carboxylic acids is 2. The number of amides is 2. The molecule has 0 radical (unpaired) electrons. The molecule has 2 amide bonds. The van der Waals surface area contributed by atoms with Crippen molar-refractivity contribution in [2.75, 3.05) is 14.7 Å². The zero-order valence-electron chi connectivity index (χ0n) is 27.5. The summed E-state index contributed by atoms with van der Waals surface area (Å²) >= 11 is 0. The highest BCUT2D eigenvalue weighted by Crippen LogP contribution is 2.48. The van der Waals surface area contributed by atoms with E-state index in [0.717, 1.165) is 17.2 Å². The molecule has 0 aliphatic carbocycles. The van der Waals surface area contributed by atoms with Gasteiger partial charge in [0.2, 0.25) is 5.91 Å². The third kappa shape index (κ3) is 4.98. The van der Waals surface area contributed by atoms with Crippen LogP contribution in [0.4, 0.5) is 17.1 Å². The highest BCUT2D eigenvalue weighted by Gasteiger charge is 2.55. The van der Waals surface area contributed by atoms with Crippen LogP contribution in [0.1, 0.15) is 101 Å². The fourth-order valence-electron chi connectivity index (χ4n) is 6.82. The van der Waals surface area contributed by atoms with Gasteiger partial charge in [0.1, 0.15) is 17.4 Å². The van der Waals surface area contributed by atoms with Gasteiger partial charge in [-0.3, -0.25) is 19.4 Å². The lowest BCUT2D eigenvalue weighted by atomic mass is 9.91. The Morgan fingerprint density at radius 1 is 0.578 bits per heavy atom. The lowest BCUT2D eigenvalue weighted by Crippen LogP contribution is -2.33. The average molecular weight is 602 g/mol. The van der Waals surface area contributed by atoms with E-state index in [4.69, 9.17) is 5.11 Å². The van der Waals surface area contributed by atoms with E-state index in [2.05, 4.69) is 119 Å². The fraction of sp³-hybridized carbons (Fsp3) is 0.368. The van der Waals surface area contributed by atoms with Crippen molar-refractivity contribution in [3.8, 4) is 0 Å². The lowest BCUT2D eigenvalue weighted by molar-refractivity contribution is -0.122. The van der Waals surface area contributed by atoms with Crippen LogP contribution in [0.2, 0.25) is 0 Å². The van der Waals surface area contributed by atoms with E-state index >= 15 is 0 Å². The van der Waals surface area contributed by atoms with Crippen molar-refractivity contribution in [3.63, 3.8) is 0 Å². The molecule has 0 N–H and O–H groups in total. The van der Waals surface area contributed by atoms with E-state index in [1.54, 1.807) is 12.1 Å². The first-order valence-electron chi connectivity index (χ1n) is 16.1. The van der Waals surface area contributed by atoms with E-state index in [1.165, 1.54) is 27.2 Å². The molecule has 45 heavy (non-hydrogen) atoms. The molecule has 0 spiro atoms. The Bertz CT molecular complexity index is 1610. The molecule has 2 unspecified atom stereocenters. The Morgan fingerprint density at radius 3 is 1.44 bits per heavy atom. The van der Waals surface area contributed by atoms with Crippen molar-refractivity contribution in [2.24, 2.45) is 16.1 Å². The molecule has 1 saturated heterocycles. The normalized spacial score (nSPS) is 19.6. The molecular weight excluding hydrogens is 558 g/mol. The van der Waals surface area contributed by atoms with E-state index in [1.807, 2.05) is 18.2 Å². The van der Waals surface area contributed by atoms with Crippen molar-refractivity contribution >= 4 is 28.9 Å². The van der Waals surface area contributed by atoms with Crippen molar-refractivity contribution in [1.82, 2.24) is 0 Å². The number of imide groups is 1. The summed E-state index contributed by atoms with van der Waals surface area (Å²) < 4.78 is 0. The predicted molar refractivity (Wildman–Crippen MR) is 181 cm³/mol. The number of hydrogen-bond acceptors (Lipinski definition) is 6. The molecule has 2 atom stereocenters. The van der Waals surface area contributed by atoms with Gasteiger partial charge in [0, 0.05) is 12.4 Å². The zero-order chi connectivity index (χ0) is 32.2. The van der Waals surface area contributed by atoms with Crippen molar-refractivity contribution in [1.29, 1.82) is 0 Å². The van der Waals surface area contributed by atoms with Gasteiger partial charge >= 0.3 is 0 Å². The van der Waals surface area contributed by atoms with Crippen LogP contribution in [0.25, 0.3) is 0 Å². The Kier molecular flexibility index (Phi) is 7.98. The highest BCUT2D eigenvalue weighted by atomic mass is 16.2. The smallest absolute Gasteiger partial charge is 0.261 e. The van der Waals surface area contributed by atoms with E-state index in [9.17, 15) is 9.59 Å². The summed E-state index contributed by atoms with van der Waals surface area (Å²) in [6.07, 6.45) is 4.19. The molecule has 7 nitrogen and oxygen atoms in total. The molecule has 0 bridgehead atoms. The number of benzene rings is 3. The number of nitrogens with zero attached hydrogens (tertiary/aromatic N) is 5. The summed E-state index contributed by atoms with van der Waals surface area (Å²) in [7, 11) is 0. The second kappa shape index (κ2) is 11.8. The van der Waals surface area contributed by atoms with Crippen LogP contribution < -0.4 is 14.7 Å². The third-order valence-corrected chi connectivity index (χ3v) is 9.09. The molecule has 3 aliphatic heterocycles. The van der Waals surface area contributed by atoms with Crippen LogP contribution in [-0.2, 0) is 9.59 Å². The maximum absolute atomic E-state index is 14.2. The zero-order valence-corrected chi connectivity index (χ0v) is 27.5. The van der Waals surface area contributed by atoms with Crippen LogP contribution >= 0.6 is 0 Å². The van der Waals surface area contributed by atoms with Crippen LogP contribution in [0.15, 0.2) is 101 Å². The molecule has 1 fully saturated rings. The minimum Gasteiger partial charge on any atom is -0.299 e. The minimum atomic E-state index is -0.890. The number of rotatable bonds is 7. The number of hydrogen-bond donors (Lipinski definition) is 0. The first-order valence-corrected chi connectivity index (χ1v) is 16.1. The van der Waals surface area contributed by atoms with Crippen molar-refractivity contribution in [3.05, 3.63) is 113 Å². The lowest BCUT2D eigenvalue weighted by Gasteiger charge is -2.34. The first-order chi connectivity index (χ1) is 21.5. The number of azo groups is 1. The molecule has 3 aromatic rings. The van der Waals surface area contributed by atoms with Gasteiger partial charge in [-0.15, -0.1) is 0 Å². The largest absolute Gasteiger partial charge is 0.299 e. The van der Waals surface area contributed by atoms with Gasteiger partial charge in [-0.1, -0.05) is 110 Å². The fourth-order valence-corrected chi connectivity index (χ4v) is 6.82. The van der Waals surface area contributed by atoms with Crippen molar-refractivity contribution in [2.45, 2.75) is 85.1 Å². The van der Waals surface area contributed by atoms with Crippen LogP contribution in [0.5, 0.6) is 0 Å². The molecular formula is C38H43N5O2. The predicted octanol–water partition coefficient (Wildman–Crippen LogP) is 9.17. The summed E-state index contributed by atoms with van der Waals surface area (Å²) in [5.41, 5.74) is 8.08. The molecule has 3 aliphatic rings. The minimum absolute atomic E-state index is 0.253. The molecule has 7 heteroatoms. The quantitative estimate of drug-likeness (QED) is 0.253. The van der Waals surface area contributed by atoms with E-state index in [-0.39, 0.29) is 35.5 Å². The molecule has 3 heterocycles. The number of fused-ring (bicyclic) bond motifs is 1. The van der Waals surface area contributed by atoms with Gasteiger partial charge in [0.25, 0.3) is 5.91 Å². The Labute approximate surface area is 266 Å². The molecule has 232 valence electrons. The summed E-state index contributed by atoms with van der Waals surface area (Å²) in [4.78, 5) is 33.7. The maximum atomic E-state index is 14.2. The van der Waals surface area contributed by atoms with Crippen LogP contribution in [-0.4, -0.2) is 17.9 Å². The summed E-state index contributed by atoms with van der Waals surface area (Å²) in [6, 6.07) is 21.2. The average Bonchev–Trinajstić information content (AvgIpc) is 3.70. The van der Waals surface area contributed by atoms with E-state index < -0.39 is 12.0 Å². The van der Waals surface area contributed by atoms with Gasteiger partial charge in [0.05, 0.1) is 17.1 Å². The summed E-state index contributed by atoms with van der Waals surface area (Å²) in [5.74, 6) is 0.317. The Morgan fingerprint density at radius 2 is 1.02 bits per heavy atom. The summed E-state index contributed by atoms with van der Waals surface area (Å²) in [6.45, 7) is 17.7. The molecule has 6 rings (SSSR count). The third-order valence-electron chi connectivity index (χ3n) is 9.09. The standard InChI is InChI=1S/C38H43N5O2/c1-22(2)27-16-12-17-28(23(3)4)34(27)41-20-21-42(35-29(24(5)6)18-13-19-30(35)25(7)8)36(41)32-31-33(40-39-32)38(45)43(37(31)44)26-14-10-9-11-15-26/h9-25,31,33H,1-8H3.